The van der Waals surface area contributed by atoms with Gasteiger partial charge in [0, 0.05) is 22.9 Å². The van der Waals surface area contributed by atoms with E-state index in [-0.39, 0.29) is 22.4 Å². The van der Waals surface area contributed by atoms with Gasteiger partial charge in [-0.1, -0.05) is 47.6 Å². The molecule has 182 valence electrons. The zero-order chi connectivity index (χ0) is 25.5. The molecule has 0 saturated heterocycles. The van der Waals surface area contributed by atoms with Crippen LogP contribution in [0.15, 0.2) is 83.1 Å². The van der Waals surface area contributed by atoms with Crippen molar-refractivity contribution in [3.63, 3.8) is 0 Å². The molecule has 1 amide bonds. The number of hydrogen-bond acceptors (Lipinski definition) is 8. The van der Waals surface area contributed by atoms with Gasteiger partial charge in [-0.2, -0.15) is 5.10 Å². The monoisotopic (exact) mass is 522 g/mol. The molecule has 0 unspecified atom stereocenters. The van der Waals surface area contributed by atoms with E-state index in [9.17, 15) is 14.9 Å². The summed E-state index contributed by atoms with van der Waals surface area (Å²) in [6.45, 7) is 0. The Morgan fingerprint density at radius 1 is 1.17 bits per heavy atom. The van der Waals surface area contributed by atoms with Gasteiger partial charge in [-0.05, 0) is 42.5 Å². The van der Waals surface area contributed by atoms with E-state index in [2.05, 4.69) is 20.7 Å². The van der Waals surface area contributed by atoms with Gasteiger partial charge >= 0.3 is 0 Å². The van der Waals surface area contributed by atoms with Crippen molar-refractivity contribution in [2.45, 2.75) is 5.16 Å². The molecule has 0 atom stereocenters. The maximum atomic E-state index is 12.4. The summed E-state index contributed by atoms with van der Waals surface area (Å²) in [7, 11) is 1.60. The highest BCUT2D eigenvalue weighted by molar-refractivity contribution is 7.99. The van der Waals surface area contributed by atoms with E-state index in [1.54, 1.807) is 13.2 Å². The zero-order valence-electron chi connectivity index (χ0n) is 18.9. The largest absolute Gasteiger partial charge is 0.497 e. The number of hydrazone groups is 1. The fourth-order valence-corrected chi connectivity index (χ4v) is 4.12. The second-order valence-corrected chi connectivity index (χ2v) is 8.61. The smallest absolute Gasteiger partial charge is 0.288 e. The number of amides is 1. The second-order valence-electron chi connectivity index (χ2n) is 7.26. The van der Waals surface area contributed by atoms with Crippen molar-refractivity contribution in [3.8, 4) is 22.8 Å². The lowest BCUT2D eigenvalue weighted by Gasteiger charge is -2.10. The number of methoxy groups -OCH3 is 1. The predicted molar refractivity (Wildman–Crippen MR) is 138 cm³/mol. The molecule has 10 nitrogen and oxygen atoms in total. The lowest BCUT2D eigenvalue weighted by molar-refractivity contribution is -0.384. The SMILES string of the molecule is COc1ccc(-c2nnc(SCC(=O)N/N=C/c3ccc(Cl)c([N+](=O)[O-])c3)n2-c2ccccc2)cc1. The van der Waals surface area contributed by atoms with Crippen molar-refractivity contribution in [3.05, 3.63) is 93.5 Å². The van der Waals surface area contributed by atoms with Gasteiger partial charge in [-0.25, -0.2) is 5.43 Å². The molecule has 0 fully saturated rings. The summed E-state index contributed by atoms with van der Waals surface area (Å²) >= 11 is 7.01. The third-order valence-electron chi connectivity index (χ3n) is 4.90. The summed E-state index contributed by atoms with van der Waals surface area (Å²) < 4.78 is 7.10. The van der Waals surface area contributed by atoms with Gasteiger partial charge in [0.2, 0.25) is 0 Å². The first-order chi connectivity index (χ1) is 17.5. The Bertz CT molecular complexity index is 1410. The number of nitro groups is 1. The molecule has 4 rings (SSSR count). The number of halogens is 1. The summed E-state index contributed by atoms with van der Waals surface area (Å²) in [5, 5.41) is 24.1. The van der Waals surface area contributed by atoms with Crippen molar-refractivity contribution in [1.29, 1.82) is 0 Å². The van der Waals surface area contributed by atoms with Gasteiger partial charge in [0.05, 0.1) is 24.0 Å². The van der Waals surface area contributed by atoms with Gasteiger partial charge in [-0.3, -0.25) is 19.5 Å². The number of carbonyl (C=O) groups is 1. The zero-order valence-corrected chi connectivity index (χ0v) is 20.4. The van der Waals surface area contributed by atoms with Gasteiger partial charge in [0.15, 0.2) is 11.0 Å². The molecule has 0 saturated carbocycles. The lowest BCUT2D eigenvalue weighted by Crippen LogP contribution is -2.20. The Labute approximate surface area is 215 Å². The Hall–Kier alpha value is -4.22. The summed E-state index contributed by atoms with van der Waals surface area (Å²) in [6.07, 6.45) is 1.31. The van der Waals surface area contributed by atoms with E-state index in [1.165, 1.54) is 30.1 Å². The van der Waals surface area contributed by atoms with E-state index >= 15 is 0 Å². The van der Waals surface area contributed by atoms with E-state index in [1.807, 2.05) is 59.2 Å². The maximum Gasteiger partial charge on any atom is 0.288 e. The molecular weight excluding hydrogens is 504 g/mol. The minimum absolute atomic E-state index is 0.0195. The number of aromatic nitrogens is 3. The predicted octanol–water partition coefficient (Wildman–Crippen LogP) is 4.75. The van der Waals surface area contributed by atoms with Crippen LogP contribution in [0, 0.1) is 10.1 Å². The highest BCUT2D eigenvalue weighted by Gasteiger charge is 2.17. The molecule has 0 radical (unpaired) electrons. The fraction of sp³-hybridized carbons (Fsp3) is 0.0833. The number of nitro benzene ring substituents is 1. The molecule has 0 spiro atoms. The molecule has 12 heteroatoms. The summed E-state index contributed by atoms with van der Waals surface area (Å²) in [6, 6.07) is 21.3. The molecule has 1 aromatic heterocycles. The van der Waals surface area contributed by atoms with Gasteiger partial charge in [0.1, 0.15) is 10.8 Å². The van der Waals surface area contributed by atoms with Crippen molar-refractivity contribution >= 4 is 41.2 Å². The van der Waals surface area contributed by atoms with Crippen LogP contribution >= 0.6 is 23.4 Å². The first kappa shape index (κ1) is 24.9. The summed E-state index contributed by atoms with van der Waals surface area (Å²) in [5.41, 5.74) is 4.28. The minimum Gasteiger partial charge on any atom is -0.497 e. The summed E-state index contributed by atoms with van der Waals surface area (Å²) in [5.74, 6) is 0.984. The Balaban J connectivity index is 1.48. The number of rotatable bonds is 9. The molecule has 1 heterocycles. The van der Waals surface area contributed by atoms with E-state index < -0.39 is 4.92 Å². The lowest BCUT2D eigenvalue weighted by atomic mass is 10.2. The number of nitrogens with one attached hydrogen (secondary N) is 1. The highest BCUT2D eigenvalue weighted by Crippen LogP contribution is 2.29. The molecular formula is C24H19ClN6O4S. The van der Waals surface area contributed by atoms with Crippen LogP contribution in [0.3, 0.4) is 0 Å². The molecule has 0 aliphatic heterocycles. The van der Waals surface area contributed by atoms with Crippen molar-refractivity contribution < 1.29 is 14.5 Å². The van der Waals surface area contributed by atoms with Crippen molar-refractivity contribution in [1.82, 2.24) is 20.2 Å². The highest BCUT2D eigenvalue weighted by atomic mass is 35.5. The molecule has 0 aliphatic carbocycles. The van der Waals surface area contributed by atoms with Crippen molar-refractivity contribution in [2.75, 3.05) is 12.9 Å². The average Bonchev–Trinajstić information content (AvgIpc) is 3.33. The Morgan fingerprint density at radius 3 is 2.61 bits per heavy atom. The van der Waals surface area contributed by atoms with Crippen LogP contribution in [0.4, 0.5) is 5.69 Å². The first-order valence-corrected chi connectivity index (χ1v) is 11.9. The topological polar surface area (TPSA) is 125 Å². The van der Waals surface area contributed by atoms with Crippen LogP contribution in [0.5, 0.6) is 5.75 Å². The fourth-order valence-electron chi connectivity index (χ4n) is 3.19. The molecule has 0 aliphatic rings. The second kappa shape index (κ2) is 11.5. The van der Waals surface area contributed by atoms with Gasteiger partial charge < -0.3 is 4.74 Å². The third kappa shape index (κ3) is 5.88. The number of thioether (sulfide) groups is 1. The van der Waals surface area contributed by atoms with Crippen LogP contribution in [-0.2, 0) is 4.79 Å². The van der Waals surface area contributed by atoms with E-state index in [0.717, 1.165) is 17.0 Å². The molecule has 1 N–H and O–H groups in total. The third-order valence-corrected chi connectivity index (χ3v) is 6.15. The van der Waals surface area contributed by atoms with Crippen molar-refractivity contribution in [2.24, 2.45) is 5.10 Å². The number of ether oxygens (including phenoxy) is 1. The van der Waals surface area contributed by atoms with Crippen LogP contribution in [-0.4, -0.2) is 44.7 Å². The normalized spacial score (nSPS) is 10.9. The molecule has 4 aromatic rings. The number of nitrogens with zero attached hydrogens (tertiary/aromatic N) is 5. The van der Waals surface area contributed by atoms with Gasteiger partial charge in [-0.15, -0.1) is 10.2 Å². The molecule has 36 heavy (non-hydrogen) atoms. The number of para-hydroxylation sites is 1. The number of benzene rings is 3. The quantitative estimate of drug-likeness (QED) is 0.145. The Morgan fingerprint density at radius 2 is 1.92 bits per heavy atom. The number of hydrogen-bond donors (Lipinski definition) is 1. The van der Waals surface area contributed by atoms with Crippen LogP contribution in [0.2, 0.25) is 5.02 Å². The summed E-state index contributed by atoms with van der Waals surface area (Å²) in [4.78, 5) is 22.8. The molecule has 3 aromatic carbocycles. The van der Waals surface area contributed by atoms with E-state index in [0.29, 0.717) is 16.5 Å². The van der Waals surface area contributed by atoms with Crippen LogP contribution < -0.4 is 10.2 Å². The van der Waals surface area contributed by atoms with E-state index in [4.69, 9.17) is 16.3 Å². The average molecular weight is 523 g/mol. The maximum absolute atomic E-state index is 12.4. The standard InChI is InChI=1S/C24H19ClN6O4S/c1-35-19-10-8-17(9-11-19)23-28-29-24(30(23)18-5-3-2-4-6-18)36-15-22(32)27-26-14-16-7-12-20(25)21(13-16)31(33)34/h2-14H,15H2,1H3,(H,27,32)/b26-14+. The minimum atomic E-state index is -0.585. The number of carbonyl (C=O) groups excluding carboxylic acids is 1. The van der Waals surface area contributed by atoms with Crippen LogP contribution in [0.1, 0.15) is 5.56 Å². The Kier molecular flexibility index (Phi) is 7.93. The molecule has 0 bridgehead atoms. The van der Waals surface area contributed by atoms with Gasteiger partial charge in [0.25, 0.3) is 11.6 Å². The first-order valence-electron chi connectivity index (χ1n) is 10.5. The van der Waals surface area contributed by atoms with Crippen LogP contribution in [0.25, 0.3) is 17.1 Å².